The third-order valence-corrected chi connectivity index (χ3v) is 3.49. The van der Waals surface area contributed by atoms with Crippen LogP contribution in [0.5, 0.6) is 5.75 Å². The van der Waals surface area contributed by atoms with Gasteiger partial charge in [-0.25, -0.2) is 13.2 Å². The molecule has 0 unspecified atom stereocenters. The monoisotopic (exact) mass is 346 g/mol. The highest BCUT2D eigenvalue weighted by atomic mass is 35.5. The van der Waals surface area contributed by atoms with Crippen molar-refractivity contribution in [2.45, 2.75) is 19.4 Å². The van der Waals surface area contributed by atoms with E-state index in [2.05, 4.69) is 5.32 Å². The fourth-order valence-corrected chi connectivity index (χ4v) is 2.55. The second-order valence-electron chi connectivity index (χ2n) is 4.63. The molecule has 1 saturated heterocycles. The van der Waals surface area contributed by atoms with Crippen LogP contribution in [0.3, 0.4) is 0 Å². The largest absolute Gasteiger partial charge is 0.507 e. The van der Waals surface area contributed by atoms with E-state index in [1.54, 1.807) is 0 Å². The molecule has 1 aromatic rings. The van der Waals surface area contributed by atoms with Gasteiger partial charge < -0.3 is 10.4 Å². The minimum absolute atomic E-state index is 0. The molecule has 8 heteroatoms. The zero-order chi connectivity index (χ0) is 14.0. The standard InChI is InChI=1S/C13H17F3N2O.2ClH/c1-2-9(18-5-3-17-4-6-18)11-10(19)7-8(14)12(15)13(11)16;;/h7,9,17,19H,2-6H2,1H3;2*1H/t9-;;/m0../s1. The molecule has 1 atom stereocenters. The van der Waals surface area contributed by atoms with Gasteiger partial charge in [-0.05, 0) is 6.42 Å². The van der Waals surface area contributed by atoms with Crippen LogP contribution in [0, 0.1) is 17.5 Å². The molecule has 0 spiro atoms. The van der Waals surface area contributed by atoms with Crippen molar-refractivity contribution >= 4 is 24.8 Å². The molecule has 1 aliphatic rings. The van der Waals surface area contributed by atoms with E-state index in [1.165, 1.54) is 0 Å². The minimum atomic E-state index is -1.53. The van der Waals surface area contributed by atoms with Gasteiger partial charge in [-0.1, -0.05) is 6.92 Å². The van der Waals surface area contributed by atoms with E-state index in [0.29, 0.717) is 25.6 Å². The van der Waals surface area contributed by atoms with E-state index in [-0.39, 0.29) is 30.4 Å². The maximum Gasteiger partial charge on any atom is 0.195 e. The molecule has 0 aromatic heterocycles. The third kappa shape index (κ3) is 4.16. The lowest BCUT2D eigenvalue weighted by Crippen LogP contribution is -2.45. The molecule has 1 heterocycles. The Morgan fingerprint density at radius 3 is 2.29 bits per heavy atom. The first-order valence-electron chi connectivity index (χ1n) is 6.37. The summed E-state index contributed by atoms with van der Waals surface area (Å²) < 4.78 is 40.3. The summed E-state index contributed by atoms with van der Waals surface area (Å²) >= 11 is 0. The van der Waals surface area contributed by atoms with Crippen molar-refractivity contribution in [3.05, 3.63) is 29.1 Å². The number of piperazine rings is 1. The summed E-state index contributed by atoms with van der Waals surface area (Å²) in [6, 6.07) is 0.190. The minimum Gasteiger partial charge on any atom is -0.507 e. The van der Waals surface area contributed by atoms with Crippen molar-refractivity contribution in [2.24, 2.45) is 0 Å². The van der Waals surface area contributed by atoms with Gasteiger partial charge in [-0.2, -0.15) is 0 Å². The molecule has 1 fully saturated rings. The van der Waals surface area contributed by atoms with Crippen LogP contribution in [0.2, 0.25) is 0 Å². The zero-order valence-corrected chi connectivity index (χ0v) is 13.2. The lowest BCUT2D eigenvalue weighted by atomic mass is 9.99. The normalized spacial score (nSPS) is 16.8. The van der Waals surface area contributed by atoms with E-state index in [4.69, 9.17) is 0 Å². The Hall–Kier alpha value is -0.690. The predicted molar refractivity (Wildman–Crippen MR) is 80.0 cm³/mol. The molecule has 122 valence electrons. The van der Waals surface area contributed by atoms with Gasteiger partial charge in [0.1, 0.15) is 5.75 Å². The summed E-state index contributed by atoms with van der Waals surface area (Å²) in [4.78, 5) is 1.96. The van der Waals surface area contributed by atoms with Crippen LogP contribution in [0.15, 0.2) is 6.07 Å². The van der Waals surface area contributed by atoms with Gasteiger partial charge in [-0.15, -0.1) is 24.8 Å². The number of aromatic hydroxyl groups is 1. The fraction of sp³-hybridized carbons (Fsp3) is 0.538. The van der Waals surface area contributed by atoms with Crippen molar-refractivity contribution in [1.82, 2.24) is 10.2 Å². The number of halogens is 5. The quantitative estimate of drug-likeness (QED) is 0.826. The number of hydrogen-bond donors (Lipinski definition) is 2. The van der Waals surface area contributed by atoms with Crippen LogP contribution in [0.1, 0.15) is 24.9 Å². The Morgan fingerprint density at radius 2 is 1.76 bits per heavy atom. The SMILES string of the molecule is CC[C@@H](c1c(O)cc(F)c(F)c1F)N1CCNCC1.Cl.Cl. The number of benzene rings is 1. The fourth-order valence-electron chi connectivity index (χ4n) is 2.55. The van der Waals surface area contributed by atoms with Crippen molar-refractivity contribution in [3.63, 3.8) is 0 Å². The summed E-state index contributed by atoms with van der Waals surface area (Å²) in [5.41, 5.74) is -0.150. The first-order valence-corrected chi connectivity index (χ1v) is 6.37. The molecule has 0 saturated carbocycles. The Balaban J connectivity index is 0.00000200. The molecular formula is C13H19Cl2F3N2O. The maximum absolute atomic E-state index is 13.9. The lowest BCUT2D eigenvalue weighted by Gasteiger charge is -2.35. The van der Waals surface area contributed by atoms with Gasteiger partial charge in [0.2, 0.25) is 0 Å². The zero-order valence-electron chi connectivity index (χ0n) is 11.5. The molecule has 1 aromatic carbocycles. The number of phenols is 1. The smallest absolute Gasteiger partial charge is 0.195 e. The highest BCUT2D eigenvalue weighted by molar-refractivity contribution is 5.85. The number of nitrogens with one attached hydrogen (secondary N) is 1. The van der Waals surface area contributed by atoms with E-state index in [0.717, 1.165) is 13.1 Å². The molecule has 0 amide bonds. The maximum atomic E-state index is 13.9. The van der Waals surface area contributed by atoms with Crippen molar-refractivity contribution < 1.29 is 18.3 Å². The van der Waals surface area contributed by atoms with Crippen molar-refractivity contribution in [1.29, 1.82) is 0 Å². The molecule has 3 nitrogen and oxygen atoms in total. The molecule has 0 radical (unpaired) electrons. The Kier molecular flexibility index (Phi) is 8.39. The van der Waals surface area contributed by atoms with Crippen LogP contribution in [0.4, 0.5) is 13.2 Å². The van der Waals surface area contributed by atoms with Gasteiger partial charge in [0.15, 0.2) is 17.5 Å². The number of nitrogens with zero attached hydrogens (tertiary/aromatic N) is 1. The highest BCUT2D eigenvalue weighted by Gasteiger charge is 2.29. The molecular weight excluding hydrogens is 328 g/mol. The molecule has 2 rings (SSSR count). The molecule has 0 bridgehead atoms. The number of phenolic OH excluding ortho intramolecular Hbond substituents is 1. The van der Waals surface area contributed by atoms with Gasteiger partial charge >= 0.3 is 0 Å². The van der Waals surface area contributed by atoms with E-state index in [9.17, 15) is 18.3 Å². The lowest BCUT2D eigenvalue weighted by molar-refractivity contribution is 0.162. The van der Waals surface area contributed by atoms with E-state index in [1.807, 2.05) is 11.8 Å². The Labute approximate surface area is 134 Å². The second kappa shape index (κ2) is 8.68. The van der Waals surface area contributed by atoms with Gasteiger partial charge in [0.25, 0.3) is 0 Å². The summed E-state index contributed by atoms with van der Waals surface area (Å²) in [5.74, 6) is -4.71. The first-order chi connectivity index (χ1) is 9.06. The van der Waals surface area contributed by atoms with E-state index < -0.39 is 29.2 Å². The van der Waals surface area contributed by atoms with Gasteiger partial charge in [0.05, 0.1) is 0 Å². The Bertz CT molecular complexity index is 471. The predicted octanol–water partition coefficient (Wildman–Crippen LogP) is 3.01. The second-order valence-corrected chi connectivity index (χ2v) is 4.63. The molecule has 2 N–H and O–H groups in total. The van der Waals surface area contributed by atoms with Gasteiger partial charge in [0, 0.05) is 43.9 Å². The van der Waals surface area contributed by atoms with E-state index >= 15 is 0 Å². The van der Waals surface area contributed by atoms with Crippen molar-refractivity contribution in [2.75, 3.05) is 26.2 Å². The summed E-state index contributed by atoms with van der Waals surface area (Å²) in [5, 5.41) is 12.9. The summed E-state index contributed by atoms with van der Waals surface area (Å²) in [6.07, 6.45) is 0.509. The average molecular weight is 347 g/mol. The van der Waals surface area contributed by atoms with Crippen LogP contribution < -0.4 is 5.32 Å². The molecule has 21 heavy (non-hydrogen) atoms. The van der Waals surface area contributed by atoms with Crippen LogP contribution in [-0.2, 0) is 0 Å². The van der Waals surface area contributed by atoms with Crippen LogP contribution in [0.25, 0.3) is 0 Å². The Morgan fingerprint density at radius 1 is 1.19 bits per heavy atom. The molecule has 1 aliphatic heterocycles. The molecule has 0 aliphatic carbocycles. The topological polar surface area (TPSA) is 35.5 Å². The number of rotatable bonds is 3. The average Bonchev–Trinajstić information content (AvgIpc) is 2.42. The third-order valence-electron chi connectivity index (χ3n) is 3.49. The summed E-state index contributed by atoms with van der Waals surface area (Å²) in [7, 11) is 0. The van der Waals surface area contributed by atoms with Crippen molar-refractivity contribution in [3.8, 4) is 5.75 Å². The van der Waals surface area contributed by atoms with Crippen LogP contribution >= 0.6 is 24.8 Å². The first kappa shape index (κ1) is 20.3. The highest BCUT2D eigenvalue weighted by Crippen LogP contribution is 2.35. The summed E-state index contributed by atoms with van der Waals surface area (Å²) in [6.45, 7) is 4.69. The van der Waals surface area contributed by atoms with Crippen LogP contribution in [-0.4, -0.2) is 36.2 Å². The number of hydrogen-bond acceptors (Lipinski definition) is 3. The van der Waals surface area contributed by atoms with Gasteiger partial charge in [-0.3, -0.25) is 4.90 Å².